The maximum atomic E-state index is 12.6. The van der Waals surface area contributed by atoms with Gasteiger partial charge in [-0.25, -0.2) is 0 Å². The van der Waals surface area contributed by atoms with Gasteiger partial charge in [-0.2, -0.15) is 0 Å². The van der Waals surface area contributed by atoms with Crippen molar-refractivity contribution in [1.82, 2.24) is 0 Å². The van der Waals surface area contributed by atoms with Crippen LogP contribution in [0.15, 0.2) is 60.7 Å². The molecule has 0 saturated carbocycles. The highest BCUT2D eigenvalue weighted by atomic mass is 28.3. The molecular formula is C19H22O3Si. The predicted molar refractivity (Wildman–Crippen MR) is 93.6 cm³/mol. The molecule has 23 heavy (non-hydrogen) atoms. The van der Waals surface area contributed by atoms with Crippen LogP contribution in [-0.4, -0.2) is 31.9 Å². The highest BCUT2D eigenvalue weighted by Crippen LogP contribution is 2.38. The first-order valence-electron chi connectivity index (χ1n) is 8.01. The van der Waals surface area contributed by atoms with E-state index in [2.05, 4.69) is 30.8 Å². The molecule has 3 nitrogen and oxygen atoms in total. The summed E-state index contributed by atoms with van der Waals surface area (Å²) in [7, 11) is -2.39. The zero-order valence-corrected chi connectivity index (χ0v) is 14.5. The summed E-state index contributed by atoms with van der Waals surface area (Å²) in [6.07, 6.45) is -0.564. The summed E-state index contributed by atoms with van der Waals surface area (Å²) >= 11 is 0. The van der Waals surface area contributed by atoms with E-state index in [4.69, 9.17) is 4.74 Å². The van der Waals surface area contributed by atoms with Gasteiger partial charge in [0.15, 0.2) is 0 Å². The van der Waals surface area contributed by atoms with E-state index in [0.717, 1.165) is 0 Å². The van der Waals surface area contributed by atoms with Gasteiger partial charge in [-0.05, 0) is 6.92 Å². The molecule has 3 rings (SSSR count). The molecule has 1 heterocycles. The third-order valence-electron chi connectivity index (χ3n) is 5.09. The van der Waals surface area contributed by atoms with Crippen molar-refractivity contribution in [2.75, 3.05) is 6.61 Å². The van der Waals surface area contributed by atoms with Crippen LogP contribution in [0, 0.1) is 5.92 Å². The molecule has 120 valence electrons. The van der Waals surface area contributed by atoms with Gasteiger partial charge in [-0.3, -0.25) is 4.79 Å². The maximum absolute atomic E-state index is 12.6. The Labute approximate surface area is 137 Å². The van der Waals surface area contributed by atoms with Crippen LogP contribution in [0.1, 0.15) is 6.92 Å². The molecule has 1 aliphatic heterocycles. The standard InChI is InChI=1S/C19H22O3Si/c1-14(20)17-13-22-19(21)18(17)23(2,15-9-5-3-6-10-15)16-11-7-4-8-12-16/h3-12,14,17-18,20H,13H2,1-2H3/t14-,17-,18-/m0/s1. The molecule has 3 atom stereocenters. The van der Waals surface area contributed by atoms with Gasteiger partial charge in [0.2, 0.25) is 0 Å². The SMILES string of the molecule is C[C@H](O)[C@@H]1COC(=O)[C@H]1[Si](C)(c1ccccc1)c1ccccc1. The van der Waals surface area contributed by atoms with Crippen LogP contribution >= 0.6 is 0 Å². The van der Waals surface area contributed by atoms with Gasteiger partial charge in [0, 0.05) is 5.92 Å². The lowest BCUT2D eigenvalue weighted by molar-refractivity contribution is -0.138. The van der Waals surface area contributed by atoms with Crippen molar-refractivity contribution in [2.45, 2.75) is 25.1 Å². The number of carbonyl (C=O) groups is 1. The third kappa shape index (κ3) is 2.73. The Hall–Kier alpha value is -1.91. The fourth-order valence-corrected chi connectivity index (χ4v) is 8.32. The van der Waals surface area contributed by atoms with E-state index in [1.54, 1.807) is 6.92 Å². The average Bonchev–Trinajstić information content (AvgIpc) is 2.98. The largest absolute Gasteiger partial charge is 0.465 e. The Balaban J connectivity index is 2.18. The second-order valence-corrected chi connectivity index (χ2v) is 10.6. The Kier molecular flexibility index (Phi) is 4.37. The zero-order chi connectivity index (χ0) is 16.4. The number of hydrogen-bond acceptors (Lipinski definition) is 3. The number of rotatable bonds is 4. The molecule has 0 spiro atoms. The summed E-state index contributed by atoms with van der Waals surface area (Å²) in [5, 5.41) is 12.6. The van der Waals surface area contributed by atoms with Gasteiger partial charge < -0.3 is 9.84 Å². The first-order valence-corrected chi connectivity index (χ1v) is 10.6. The maximum Gasteiger partial charge on any atom is 0.307 e. The molecule has 0 unspecified atom stereocenters. The lowest BCUT2D eigenvalue weighted by Crippen LogP contribution is -2.62. The van der Waals surface area contributed by atoms with Crippen LogP contribution in [0.5, 0.6) is 0 Å². The predicted octanol–water partition coefficient (Wildman–Crippen LogP) is 1.80. The van der Waals surface area contributed by atoms with Gasteiger partial charge in [-0.1, -0.05) is 77.6 Å². The van der Waals surface area contributed by atoms with Crippen LogP contribution in [-0.2, 0) is 9.53 Å². The first kappa shape index (κ1) is 16.0. The number of carbonyl (C=O) groups excluding carboxylic acids is 1. The summed E-state index contributed by atoms with van der Waals surface area (Å²) in [4.78, 5) is 12.6. The minimum Gasteiger partial charge on any atom is -0.465 e. The molecule has 0 amide bonds. The Morgan fingerprint density at radius 3 is 1.96 bits per heavy atom. The monoisotopic (exact) mass is 326 g/mol. The highest BCUT2D eigenvalue weighted by Gasteiger charge is 2.53. The smallest absolute Gasteiger partial charge is 0.307 e. The highest BCUT2D eigenvalue weighted by molar-refractivity contribution is 7.04. The second kappa shape index (κ2) is 6.30. The number of cyclic esters (lactones) is 1. The lowest BCUT2D eigenvalue weighted by Gasteiger charge is -2.36. The Bertz CT molecular complexity index is 630. The normalized spacial score (nSPS) is 22.7. The summed E-state index contributed by atoms with van der Waals surface area (Å²) in [5.41, 5.74) is -0.271. The van der Waals surface area contributed by atoms with Crippen molar-refractivity contribution in [3.63, 3.8) is 0 Å². The van der Waals surface area contributed by atoms with Crippen LogP contribution in [0.2, 0.25) is 12.1 Å². The van der Waals surface area contributed by atoms with E-state index in [1.807, 2.05) is 36.4 Å². The van der Waals surface area contributed by atoms with E-state index in [-0.39, 0.29) is 17.4 Å². The molecule has 1 fully saturated rings. The average molecular weight is 326 g/mol. The fraction of sp³-hybridized carbons (Fsp3) is 0.316. The van der Waals surface area contributed by atoms with Gasteiger partial charge in [0.05, 0.1) is 18.3 Å². The van der Waals surface area contributed by atoms with E-state index in [0.29, 0.717) is 6.61 Å². The summed E-state index contributed by atoms with van der Waals surface area (Å²) in [6, 6.07) is 20.4. The molecular weight excluding hydrogens is 304 g/mol. The zero-order valence-electron chi connectivity index (χ0n) is 13.5. The molecule has 1 N–H and O–H groups in total. The topological polar surface area (TPSA) is 46.5 Å². The van der Waals surface area contributed by atoms with Crippen LogP contribution < -0.4 is 10.4 Å². The molecule has 1 aliphatic rings. The number of aliphatic hydroxyl groups excluding tert-OH is 1. The summed E-state index contributed by atoms with van der Waals surface area (Å²) in [5.74, 6) is -0.322. The van der Waals surface area contributed by atoms with Gasteiger partial charge in [0.1, 0.15) is 8.07 Å². The van der Waals surface area contributed by atoms with E-state index < -0.39 is 14.2 Å². The minimum atomic E-state index is -2.39. The number of aliphatic hydroxyl groups is 1. The van der Waals surface area contributed by atoms with Crippen LogP contribution in [0.3, 0.4) is 0 Å². The van der Waals surface area contributed by atoms with E-state index >= 15 is 0 Å². The van der Waals surface area contributed by atoms with Gasteiger partial charge >= 0.3 is 5.97 Å². The molecule has 2 aromatic carbocycles. The quantitative estimate of drug-likeness (QED) is 0.688. The molecule has 0 aromatic heterocycles. The molecule has 2 aromatic rings. The third-order valence-corrected chi connectivity index (χ3v) is 10.1. The van der Waals surface area contributed by atoms with Crippen molar-refractivity contribution in [3.8, 4) is 0 Å². The van der Waals surface area contributed by atoms with Crippen molar-refractivity contribution in [3.05, 3.63) is 60.7 Å². The first-order chi connectivity index (χ1) is 11.0. The number of hydrogen-bond donors (Lipinski definition) is 1. The molecule has 1 saturated heterocycles. The van der Waals surface area contributed by atoms with Gasteiger partial charge in [-0.15, -0.1) is 0 Å². The number of ether oxygens (including phenoxy) is 1. The van der Waals surface area contributed by atoms with Crippen molar-refractivity contribution >= 4 is 24.4 Å². The fourth-order valence-electron chi connectivity index (χ4n) is 3.72. The molecule has 4 heteroatoms. The summed E-state index contributed by atoms with van der Waals surface area (Å²) in [6.45, 7) is 4.28. The van der Waals surface area contributed by atoms with Gasteiger partial charge in [0.25, 0.3) is 0 Å². The summed E-state index contributed by atoms with van der Waals surface area (Å²) < 4.78 is 5.36. The van der Waals surface area contributed by atoms with Crippen molar-refractivity contribution in [1.29, 1.82) is 0 Å². The molecule has 0 aliphatic carbocycles. The minimum absolute atomic E-state index is 0.153. The van der Waals surface area contributed by atoms with Crippen molar-refractivity contribution < 1.29 is 14.6 Å². The number of benzene rings is 2. The number of esters is 1. The Morgan fingerprint density at radius 1 is 1.04 bits per heavy atom. The van der Waals surface area contributed by atoms with Crippen LogP contribution in [0.4, 0.5) is 0 Å². The molecule has 0 radical (unpaired) electrons. The van der Waals surface area contributed by atoms with E-state index in [1.165, 1.54) is 10.4 Å². The lowest BCUT2D eigenvalue weighted by atomic mass is 10.0. The van der Waals surface area contributed by atoms with Crippen LogP contribution in [0.25, 0.3) is 0 Å². The van der Waals surface area contributed by atoms with Crippen molar-refractivity contribution in [2.24, 2.45) is 5.92 Å². The second-order valence-electron chi connectivity index (χ2n) is 6.45. The molecule has 0 bridgehead atoms. The Morgan fingerprint density at radius 2 is 1.52 bits per heavy atom. The van der Waals surface area contributed by atoms with E-state index in [9.17, 15) is 9.90 Å².